The Morgan fingerprint density at radius 3 is 3.18 bits per heavy atom. The fourth-order valence-electron chi connectivity index (χ4n) is 1.44. The third-order valence-corrected chi connectivity index (χ3v) is 3.16. The van der Waals surface area contributed by atoms with Crippen molar-refractivity contribution in [3.05, 3.63) is 24.0 Å². The number of fused-ring (bicyclic) bond motifs is 1. The van der Waals surface area contributed by atoms with Gasteiger partial charge >= 0.3 is 5.97 Å². The zero-order valence-electron chi connectivity index (χ0n) is 9.40. The predicted octanol–water partition coefficient (Wildman–Crippen LogP) is 1.55. The lowest BCUT2D eigenvalue weighted by atomic mass is 10.3. The maximum atomic E-state index is 10.9. The molecular formula is C11H13N3O2S. The van der Waals surface area contributed by atoms with Crippen molar-refractivity contribution in [2.24, 2.45) is 0 Å². The highest BCUT2D eigenvalue weighted by molar-refractivity contribution is 7.99. The monoisotopic (exact) mass is 251 g/mol. The third kappa shape index (κ3) is 2.91. The van der Waals surface area contributed by atoms with Crippen molar-refractivity contribution in [3.63, 3.8) is 0 Å². The molecule has 0 saturated carbocycles. The highest BCUT2D eigenvalue weighted by Gasteiger charge is 2.05. The summed E-state index contributed by atoms with van der Waals surface area (Å²) in [5, 5.41) is 0. The largest absolute Gasteiger partial charge is 0.468 e. The summed E-state index contributed by atoms with van der Waals surface area (Å²) in [6, 6.07) is 5.53. The second kappa shape index (κ2) is 5.09. The molecule has 1 aromatic heterocycles. The summed E-state index contributed by atoms with van der Waals surface area (Å²) in [5.74, 6) is 1.58. The predicted molar refractivity (Wildman–Crippen MR) is 68.7 cm³/mol. The number of ether oxygens (including phenoxy) is 1. The van der Waals surface area contributed by atoms with Gasteiger partial charge in [-0.25, -0.2) is 4.98 Å². The van der Waals surface area contributed by atoms with E-state index in [-0.39, 0.29) is 5.97 Å². The number of hydrogen-bond donors (Lipinski definition) is 2. The number of imidazole rings is 1. The van der Waals surface area contributed by atoms with Crippen LogP contribution in [0.5, 0.6) is 0 Å². The van der Waals surface area contributed by atoms with E-state index in [4.69, 9.17) is 5.73 Å². The van der Waals surface area contributed by atoms with Gasteiger partial charge in [-0.1, -0.05) is 0 Å². The average Bonchev–Trinajstić information content (AvgIpc) is 2.70. The van der Waals surface area contributed by atoms with Crippen LogP contribution in [0, 0.1) is 0 Å². The molecular weight excluding hydrogens is 238 g/mol. The lowest BCUT2D eigenvalue weighted by molar-refractivity contribution is -0.137. The first-order valence-corrected chi connectivity index (χ1v) is 6.23. The highest BCUT2D eigenvalue weighted by atomic mass is 32.2. The molecule has 6 heteroatoms. The summed E-state index contributed by atoms with van der Waals surface area (Å²) < 4.78 is 4.56. The van der Waals surface area contributed by atoms with Crippen molar-refractivity contribution in [1.82, 2.24) is 9.97 Å². The van der Waals surface area contributed by atoms with Gasteiger partial charge in [-0.15, -0.1) is 11.8 Å². The molecule has 2 rings (SSSR count). The van der Waals surface area contributed by atoms with Crippen molar-refractivity contribution < 1.29 is 9.53 Å². The van der Waals surface area contributed by atoms with Crippen LogP contribution in [-0.2, 0) is 15.3 Å². The van der Waals surface area contributed by atoms with E-state index in [1.807, 2.05) is 18.2 Å². The number of rotatable bonds is 4. The summed E-state index contributed by atoms with van der Waals surface area (Å²) in [7, 11) is 1.38. The first kappa shape index (κ1) is 11.8. The summed E-state index contributed by atoms with van der Waals surface area (Å²) >= 11 is 1.46. The average molecular weight is 251 g/mol. The molecule has 0 aliphatic carbocycles. The molecule has 5 nitrogen and oxygen atoms in total. The van der Waals surface area contributed by atoms with Gasteiger partial charge in [0, 0.05) is 5.69 Å². The Kier molecular flexibility index (Phi) is 3.53. The number of thioether (sulfide) groups is 1. The van der Waals surface area contributed by atoms with Crippen LogP contribution in [0.15, 0.2) is 18.2 Å². The fraction of sp³-hybridized carbons (Fsp3) is 0.273. The molecule has 1 heterocycles. The number of carbonyl (C=O) groups excluding carboxylic acids is 1. The van der Waals surface area contributed by atoms with E-state index in [2.05, 4.69) is 14.7 Å². The maximum absolute atomic E-state index is 10.9. The van der Waals surface area contributed by atoms with Crippen LogP contribution in [0.1, 0.15) is 5.82 Å². The van der Waals surface area contributed by atoms with Crippen molar-refractivity contribution in [3.8, 4) is 0 Å². The highest BCUT2D eigenvalue weighted by Crippen LogP contribution is 2.17. The number of nitrogens with zero attached hydrogens (tertiary/aromatic N) is 1. The van der Waals surface area contributed by atoms with Crippen LogP contribution in [0.2, 0.25) is 0 Å². The molecule has 0 fully saturated rings. The van der Waals surface area contributed by atoms with Gasteiger partial charge in [-0.3, -0.25) is 4.79 Å². The van der Waals surface area contributed by atoms with Crippen LogP contribution < -0.4 is 5.73 Å². The molecule has 1 aromatic carbocycles. The maximum Gasteiger partial charge on any atom is 0.315 e. The topological polar surface area (TPSA) is 81.0 Å². The van der Waals surface area contributed by atoms with Crippen LogP contribution in [-0.4, -0.2) is 28.8 Å². The number of methoxy groups -OCH3 is 1. The summed E-state index contributed by atoms with van der Waals surface area (Å²) in [5.41, 5.74) is 8.18. The molecule has 0 unspecified atom stereocenters. The lowest BCUT2D eigenvalue weighted by Crippen LogP contribution is -2.03. The van der Waals surface area contributed by atoms with Crippen molar-refractivity contribution in [1.29, 1.82) is 0 Å². The lowest BCUT2D eigenvalue weighted by Gasteiger charge is -1.97. The number of nitrogen functional groups attached to an aromatic ring is 1. The van der Waals surface area contributed by atoms with Crippen LogP contribution in [0.25, 0.3) is 11.0 Å². The number of aromatic nitrogens is 2. The molecule has 0 atom stereocenters. The van der Waals surface area contributed by atoms with Gasteiger partial charge in [0.2, 0.25) is 0 Å². The Morgan fingerprint density at radius 2 is 2.41 bits per heavy atom. The van der Waals surface area contributed by atoms with Crippen LogP contribution in [0.3, 0.4) is 0 Å². The summed E-state index contributed by atoms with van der Waals surface area (Å²) in [6.07, 6.45) is 0. The number of benzene rings is 1. The molecule has 0 bridgehead atoms. The minimum absolute atomic E-state index is 0.227. The first-order chi connectivity index (χ1) is 8.19. The Bertz CT molecular complexity index is 538. The van der Waals surface area contributed by atoms with Gasteiger partial charge < -0.3 is 15.5 Å². The van der Waals surface area contributed by atoms with E-state index >= 15 is 0 Å². The van der Waals surface area contributed by atoms with E-state index in [9.17, 15) is 4.79 Å². The molecule has 17 heavy (non-hydrogen) atoms. The Hall–Kier alpha value is -1.69. The number of aromatic amines is 1. The zero-order valence-corrected chi connectivity index (χ0v) is 10.2. The zero-order chi connectivity index (χ0) is 12.3. The molecule has 0 saturated heterocycles. The van der Waals surface area contributed by atoms with Crippen LogP contribution >= 0.6 is 11.8 Å². The number of esters is 1. The standard InChI is InChI=1S/C11H13N3O2S/c1-16-11(15)6-17-5-10-13-8-3-2-7(12)4-9(8)14-10/h2-4H,5-6,12H2,1H3,(H,13,14). The second-order valence-corrected chi connectivity index (χ2v) is 4.51. The van der Waals surface area contributed by atoms with E-state index < -0.39 is 0 Å². The molecule has 2 aromatic rings. The normalized spacial score (nSPS) is 10.6. The van der Waals surface area contributed by atoms with Gasteiger partial charge in [0.1, 0.15) is 5.82 Å². The minimum atomic E-state index is -0.227. The Balaban J connectivity index is 2.02. The second-order valence-electron chi connectivity index (χ2n) is 3.53. The Labute approximate surface area is 103 Å². The van der Waals surface area contributed by atoms with Crippen molar-refractivity contribution >= 4 is 34.5 Å². The van der Waals surface area contributed by atoms with Gasteiger partial charge in [-0.2, -0.15) is 0 Å². The number of H-pyrrole nitrogens is 1. The summed E-state index contributed by atoms with van der Waals surface area (Å²) in [6.45, 7) is 0. The van der Waals surface area contributed by atoms with Crippen molar-refractivity contribution in [2.45, 2.75) is 5.75 Å². The number of anilines is 1. The molecule has 90 valence electrons. The SMILES string of the molecule is COC(=O)CSCc1nc2ccc(N)cc2[nH]1. The quantitative estimate of drug-likeness (QED) is 0.636. The molecule has 0 amide bonds. The molecule has 3 N–H and O–H groups in total. The molecule has 0 spiro atoms. The summed E-state index contributed by atoms with van der Waals surface area (Å²) in [4.78, 5) is 18.5. The Morgan fingerprint density at radius 1 is 1.59 bits per heavy atom. The van der Waals surface area contributed by atoms with E-state index in [0.29, 0.717) is 17.2 Å². The van der Waals surface area contributed by atoms with Gasteiger partial charge in [0.15, 0.2) is 0 Å². The van der Waals surface area contributed by atoms with Crippen molar-refractivity contribution in [2.75, 3.05) is 18.6 Å². The van der Waals surface area contributed by atoms with Gasteiger partial charge in [-0.05, 0) is 18.2 Å². The minimum Gasteiger partial charge on any atom is -0.468 e. The molecule has 0 aliphatic rings. The number of carbonyl (C=O) groups is 1. The van der Waals surface area contributed by atoms with Gasteiger partial charge in [0.05, 0.1) is 29.6 Å². The first-order valence-electron chi connectivity index (χ1n) is 5.07. The molecule has 0 radical (unpaired) electrons. The van der Waals surface area contributed by atoms with Gasteiger partial charge in [0.25, 0.3) is 0 Å². The van der Waals surface area contributed by atoms with E-state index in [1.54, 1.807) is 0 Å². The fourth-order valence-corrected chi connectivity index (χ4v) is 2.16. The smallest absolute Gasteiger partial charge is 0.315 e. The van der Waals surface area contributed by atoms with E-state index in [0.717, 1.165) is 16.9 Å². The van der Waals surface area contributed by atoms with E-state index in [1.165, 1.54) is 18.9 Å². The van der Waals surface area contributed by atoms with Crippen LogP contribution in [0.4, 0.5) is 5.69 Å². The molecule has 0 aliphatic heterocycles. The number of nitrogens with two attached hydrogens (primary N) is 1. The number of hydrogen-bond acceptors (Lipinski definition) is 5. The third-order valence-electron chi connectivity index (χ3n) is 2.24. The number of nitrogens with one attached hydrogen (secondary N) is 1.